The number of benzene rings is 1. The molecule has 1 aromatic carbocycles. The van der Waals surface area contributed by atoms with Crippen LogP contribution in [0.4, 0.5) is 0 Å². The van der Waals surface area contributed by atoms with Crippen molar-refractivity contribution in [3.8, 4) is 11.8 Å². The van der Waals surface area contributed by atoms with Gasteiger partial charge in [-0.25, -0.2) is 0 Å². The topological polar surface area (TPSA) is 49.8 Å². The van der Waals surface area contributed by atoms with Gasteiger partial charge < -0.3 is 14.7 Å². The first-order valence-corrected chi connectivity index (χ1v) is 7.14. The molecule has 0 spiro atoms. The van der Waals surface area contributed by atoms with Gasteiger partial charge in [0.15, 0.2) is 0 Å². The van der Waals surface area contributed by atoms with Crippen molar-refractivity contribution >= 4 is 5.91 Å². The Morgan fingerprint density at radius 1 is 1.43 bits per heavy atom. The highest BCUT2D eigenvalue weighted by Gasteiger charge is 2.15. The standard InChI is InChI=1S/C17H23NO3/c1-4-21-13-11-18(3)17(20)16-10-7-9-15(14(16)2)8-5-6-12-19/h7,9-10,19H,4,6,11-13H2,1-3H3. The van der Waals surface area contributed by atoms with Crippen molar-refractivity contribution in [2.24, 2.45) is 0 Å². The molecule has 0 aliphatic carbocycles. The van der Waals surface area contributed by atoms with Crippen molar-refractivity contribution in [2.45, 2.75) is 20.3 Å². The molecule has 0 aliphatic rings. The smallest absolute Gasteiger partial charge is 0.253 e. The number of ether oxygens (including phenoxy) is 1. The zero-order chi connectivity index (χ0) is 15.7. The van der Waals surface area contributed by atoms with E-state index in [0.29, 0.717) is 31.7 Å². The minimum Gasteiger partial charge on any atom is -0.395 e. The summed E-state index contributed by atoms with van der Waals surface area (Å²) in [6.45, 7) is 5.62. The van der Waals surface area contributed by atoms with Crippen LogP contribution in [0.25, 0.3) is 0 Å². The second-order valence-electron chi connectivity index (χ2n) is 4.68. The molecule has 0 saturated heterocycles. The molecule has 0 aliphatic heterocycles. The zero-order valence-corrected chi connectivity index (χ0v) is 13.0. The summed E-state index contributed by atoms with van der Waals surface area (Å²) in [7, 11) is 1.77. The van der Waals surface area contributed by atoms with Crippen LogP contribution in [0.3, 0.4) is 0 Å². The van der Waals surface area contributed by atoms with Crippen LogP contribution in [0.15, 0.2) is 18.2 Å². The molecule has 0 aromatic heterocycles. The van der Waals surface area contributed by atoms with Crippen molar-refractivity contribution < 1.29 is 14.6 Å². The summed E-state index contributed by atoms with van der Waals surface area (Å²) in [4.78, 5) is 14.1. The lowest BCUT2D eigenvalue weighted by molar-refractivity contribution is 0.0709. The first kappa shape index (κ1) is 17.2. The van der Waals surface area contributed by atoms with Gasteiger partial charge in [-0.05, 0) is 31.5 Å². The van der Waals surface area contributed by atoms with E-state index in [2.05, 4.69) is 11.8 Å². The molecule has 0 bridgehead atoms. The third kappa shape index (κ3) is 5.22. The van der Waals surface area contributed by atoms with Gasteiger partial charge in [-0.2, -0.15) is 0 Å². The summed E-state index contributed by atoms with van der Waals surface area (Å²) in [5.74, 6) is 5.85. The predicted molar refractivity (Wildman–Crippen MR) is 83.2 cm³/mol. The molecular formula is C17H23NO3. The Labute approximate surface area is 126 Å². The first-order valence-electron chi connectivity index (χ1n) is 7.14. The number of hydrogen-bond donors (Lipinski definition) is 1. The number of aliphatic hydroxyl groups excluding tert-OH is 1. The quantitative estimate of drug-likeness (QED) is 0.642. The molecular weight excluding hydrogens is 266 g/mol. The molecule has 4 nitrogen and oxygen atoms in total. The maximum Gasteiger partial charge on any atom is 0.253 e. The number of likely N-dealkylation sites (N-methyl/N-ethyl adjacent to an activating group) is 1. The molecule has 21 heavy (non-hydrogen) atoms. The van der Waals surface area contributed by atoms with E-state index in [1.54, 1.807) is 11.9 Å². The molecule has 0 saturated carbocycles. The fraction of sp³-hybridized carbons (Fsp3) is 0.471. The van der Waals surface area contributed by atoms with E-state index >= 15 is 0 Å². The average Bonchev–Trinajstić information content (AvgIpc) is 2.48. The van der Waals surface area contributed by atoms with Crippen LogP contribution in [-0.2, 0) is 4.74 Å². The van der Waals surface area contributed by atoms with Crippen molar-refractivity contribution in [3.05, 3.63) is 34.9 Å². The largest absolute Gasteiger partial charge is 0.395 e. The molecule has 114 valence electrons. The lowest BCUT2D eigenvalue weighted by atomic mass is 10.0. The zero-order valence-electron chi connectivity index (χ0n) is 13.0. The molecule has 4 heteroatoms. The van der Waals surface area contributed by atoms with Crippen LogP contribution >= 0.6 is 0 Å². The van der Waals surface area contributed by atoms with E-state index in [1.807, 2.05) is 32.0 Å². The molecule has 0 fully saturated rings. The van der Waals surface area contributed by atoms with Gasteiger partial charge in [0.25, 0.3) is 5.91 Å². The number of carbonyl (C=O) groups is 1. The SMILES string of the molecule is CCOCCN(C)C(=O)c1cccc(C#CCCO)c1C. The highest BCUT2D eigenvalue weighted by Crippen LogP contribution is 2.14. The van der Waals surface area contributed by atoms with Gasteiger partial charge in [0.1, 0.15) is 0 Å². The van der Waals surface area contributed by atoms with Gasteiger partial charge in [0.2, 0.25) is 0 Å². The summed E-state index contributed by atoms with van der Waals surface area (Å²) in [6.07, 6.45) is 0.436. The van der Waals surface area contributed by atoms with E-state index in [4.69, 9.17) is 9.84 Å². The van der Waals surface area contributed by atoms with Crippen molar-refractivity contribution in [1.29, 1.82) is 0 Å². The van der Waals surface area contributed by atoms with Gasteiger partial charge in [0.05, 0.1) is 13.2 Å². The fourth-order valence-corrected chi connectivity index (χ4v) is 1.87. The van der Waals surface area contributed by atoms with Gasteiger partial charge in [-0.1, -0.05) is 17.9 Å². The molecule has 1 amide bonds. The van der Waals surface area contributed by atoms with Crippen LogP contribution in [0.2, 0.25) is 0 Å². The van der Waals surface area contributed by atoms with Crippen LogP contribution in [-0.4, -0.2) is 49.3 Å². The lowest BCUT2D eigenvalue weighted by Gasteiger charge is -2.18. The van der Waals surface area contributed by atoms with Gasteiger partial charge in [0, 0.05) is 37.7 Å². The molecule has 0 unspecified atom stereocenters. The maximum atomic E-state index is 12.4. The van der Waals surface area contributed by atoms with Gasteiger partial charge in [-0.3, -0.25) is 4.79 Å². The third-order valence-corrected chi connectivity index (χ3v) is 3.15. The van der Waals surface area contributed by atoms with E-state index in [1.165, 1.54) is 0 Å². The van der Waals surface area contributed by atoms with Crippen LogP contribution in [0.5, 0.6) is 0 Å². The predicted octanol–water partition coefficient (Wildman–Crippen LogP) is 1.84. The summed E-state index contributed by atoms with van der Waals surface area (Å²) in [5.41, 5.74) is 2.36. The lowest BCUT2D eigenvalue weighted by Crippen LogP contribution is -2.30. The Balaban J connectivity index is 2.85. The number of amides is 1. The second-order valence-corrected chi connectivity index (χ2v) is 4.68. The van der Waals surface area contributed by atoms with Crippen LogP contribution in [0, 0.1) is 18.8 Å². The number of nitrogens with zero attached hydrogens (tertiary/aromatic N) is 1. The molecule has 1 aromatic rings. The monoisotopic (exact) mass is 289 g/mol. The number of rotatable bonds is 6. The van der Waals surface area contributed by atoms with Crippen LogP contribution < -0.4 is 0 Å². The Hall–Kier alpha value is -1.83. The summed E-state index contributed by atoms with van der Waals surface area (Å²) in [6, 6.07) is 5.53. The molecule has 1 N–H and O–H groups in total. The summed E-state index contributed by atoms with van der Waals surface area (Å²) >= 11 is 0. The van der Waals surface area contributed by atoms with Crippen molar-refractivity contribution in [2.75, 3.05) is 33.4 Å². The number of aliphatic hydroxyl groups is 1. The second kappa shape index (κ2) is 9.17. The van der Waals surface area contributed by atoms with Crippen molar-refractivity contribution in [1.82, 2.24) is 4.90 Å². The summed E-state index contributed by atoms with van der Waals surface area (Å²) in [5, 5.41) is 8.76. The molecule has 0 radical (unpaired) electrons. The Morgan fingerprint density at radius 2 is 2.19 bits per heavy atom. The molecule has 0 heterocycles. The van der Waals surface area contributed by atoms with Crippen LogP contribution in [0.1, 0.15) is 34.8 Å². The average molecular weight is 289 g/mol. The Kier molecular flexibility index (Phi) is 7.52. The molecule has 1 rings (SSSR count). The Bertz CT molecular complexity index is 529. The van der Waals surface area contributed by atoms with E-state index in [0.717, 1.165) is 11.1 Å². The highest BCUT2D eigenvalue weighted by molar-refractivity contribution is 5.96. The number of carbonyl (C=O) groups excluding carboxylic acids is 1. The van der Waals surface area contributed by atoms with E-state index < -0.39 is 0 Å². The fourth-order valence-electron chi connectivity index (χ4n) is 1.87. The van der Waals surface area contributed by atoms with Crippen molar-refractivity contribution in [3.63, 3.8) is 0 Å². The maximum absolute atomic E-state index is 12.4. The minimum atomic E-state index is -0.0296. The first-order chi connectivity index (χ1) is 10.1. The highest BCUT2D eigenvalue weighted by atomic mass is 16.5. The molecule has 0 atom stereocenters. The van der Waals surface area contributed by atoms with E-state index in [9.17, 15) is 4.79 Å². The van der Waals surface area contributed by atoms with Gasteiger partial charge >= 0.3 is 0 Å². The minimum absolute atomic E-state index is 0.0296. The Morgan fingerprint density at radius 3 is 2.86 bits per heavy atom. The van der Waals surface area contributed by atoms with E-state index in [-0.39, 0.29) is 12.5 Å². The number of hydrogen-bond acceptors (Lipinski definition) is 3. The normalized spacial score (nSPS) is 9.90. The summed E-state index contributed by atoms with van der Waals surface area (Å²) < 4.78 is 5.27. The third-order valence-electron chi connectivity index (χ3n) is 3.15. The van der Waals surface area contributed by atoms with Gasteiger partial charge in [-0.15, -0.1) is 0 Å².